The molecule has 0 amide bonds. The van der Waals surface area contributed by atoms with Gasteiger partial charge in [-0.1, -0.05) is 6.92 Å². The number of thiophene rings is 1. The van der Waals surface area contributed by atoms with Gasteiger partial charge in [-0.05, 0) is 32.0 Å². The van der Waals surface area contributed by atoms with Gasteiger partial charge in [0.15, 0.2) is 0 Å². The molecule has 1 aromatic rings. The SMILES string of the molecule is CCc1ccc(CC(NN)C2CSCCN2C)s1. The molecule has 1 aliphatic rings. The number of hydrogen-bond donors (Lipinski definition) is 2. The van der Waals surface area contributed by atoms with Crippen LogP contribution in [0.2, 0.25) is 0 Å². The van der Waals surface area contributed by atoms with Gasteiger partial charge in [-0.2, -0.15) is 11.8 Å². The van der Waals surface area contributed by atoms with Crippen molar-refractivity contribution in [1.82, 2.24) is 10.3 Å². The maximum atomic E-state index is 5.77. The molecule has 0 bridgehead atoms. The Balaban J connectivity index is 1.99. The average molecular weight is 285 g/mol. The molecule has 5 heteroatoms. The van der Waals surface area contributed by atoms with Gasteiger partial charge in [0.05, 0.1) is 0 Å². The van der Waals surface area contributed by atoms with E-state index >= 15 is 0 Å². The van der Waals surface area contributed by atoms with Crippen LogP contribution < -0.4 is 11.3 Å². The number of likely N-dealkylation sites (N-methyl/N-ethyl adjacent to an activating group) is 1. The van der Waals surface area contributed by atoms with Crippen LogP contribution in [-0.2, 0) is 12.8 Å². The largest absolute Gasteiger partial charge is 0.300 e. The lowest BCUT2D eigenvalue weighted by Crippen LogP contribution is -2.55. The van der Waals surface area contributed by atoms with Gasteiger partial charge in [0.25, 0.3) is 0 Å². The van der Waals surface area contributed by atoms with Crippen LogP contribution in [0.3, 0.4) is 0 Å². The van der Waals surface area contributed by atoms with E-state index in [0.717, 1.165) is 19.4 Å². The van der Waals surface area contributed by atoms with Crippen molar-refractivity contribution >= 4 is 23.1 Å². The van der Waals surface area contributed by atoms with E-state index in [1.54, 1.807) is 0 Å². The second kappa shape index (κ2) is 6.91. The molecule has 3 N–H and O–H groups in total. The van der Waals surface area contributed by atoms with Gasteiger partial charge in [-0.3, -0.25) is 11.3 Å². The van der Waals surface area contributed by atoms with Crippen LogP contribution in [0.4, 0.5) is 0 Å². The lowest BCUT2D eigenvalue weighted by atomic mass is 10.0. The van der Waals surface area contributed by atoms with Gasteiger partial charge >= 0.3 is 0 Å². The van der Waals surface area contributed by atoms with E-state index in [2.05, 4.69) is 36.4 Å². The van der Waals surface area contributed by atoms with Crippen molar-refractivity contribution in [2.24, 2.45) is 5.84 Å². The Morgan fingerprint density at radius 3 is 2.89 bits per heavy atom. The second-order valence-electron chi connectivity index (χ2n) is 4.82. The van der Waals surface area contributed by atoms with E-state index in [0.29, 0.717) is 12.1 Å². The topological polar surface area (TPSA) is 41.3 Å². The highest BCUT2D eigenvalue weighted by Gasteiger charge is 2.27. The van der Waals surface area contributed by atoms with Crippen LogP contribution in [-0.4, -0.2) is 42.1 Å². The predicted octanol–water partition coefficient (Wildman–Crippen LogP) is 1.73. The summed E-state index contributed by atoms with van der Waals surface area (Å²) in [4.78, 5) is 5.35. The first kappa shape index (κ1) is 14.3. The average Bonchev–Trinajstić information content (AvgIpc) is 2.85. The van der Waals surface area contributed by atoms with Crippen molar-refractivity contribution in [3.05, 3.63) is 21.9 Å². The van der Waals surface area contributed by atoms with Crippen molar-refractivity contribution in [1.29, 1.82) is 0 Å². The molecule has 2 heterocycles. The van der Waals surface area contributed by atoms with Crippen LogP contribution in [0.5, 0.6) is 0 Å². The molecule has 0 radical (unpaired) electrons. The van der Waals surface area contributed by atoms with Crippen LogP contribution in [0.25, 0.3) is 0 Å². The minimum Gasteiger partial charge on any atom is -0.300 e. The molecule has 2 atom stereocenters. The lowest BCUT2D eigenvalue weighted by Gasteiger charge is -2.37. The van der Waals surface area contributed by atoms with Gasteiger partial charge in [0.2, 0.25) is 0 Å². The van der Waals surface area contributed by atoms with Crippen LogP contribution in [0, 0.1) is 0 Å². The first-order valence-electron chi connectivity index (χ1n) is 6.56. The Kier molecular flexibility index (Phi) is 5.51. The zero-order valence-electron chi connectivity index (χ0n) is 11.2. The summed E-state index contributed by atoms with van der Waals surface area (Å²) in [7, 11) is 2.21. The fourth-order valence-corrected chi connectivity index (χ4v) is 4.70. The highest BCUT2D eigenvalue weighted by Crippen LogP contribution is 2.23. The molecule has 0 saturated carbocycles. The van der Waals surface area contributed by atoms with Gasteiger partial charge in [0, 0.05) is 39.9 Å². The Morgan fingerprint density at radius 1 is 1.50 bits per heavy atom. The van der Waals surface area contributed by atoms with Crippen molar-refractivity contribution in [3.8, 4) is 0 Å². The summed E-state index contributed by atoms with van der Waals surface area (Å²) in [5, 5.41) is 0. The molecule has 0 spiro atoms. The standard InChI is InChI=1S/C13H23N3S2/c1-3-10-4-5-11(18-10)8-12(15-14)13-9-17-7-6-16(13)2/h4-5,12-13,15H,3,6-9,14H2,1-2H3. The number of rotatable bonds is 5. The first-order valence-corrected chi connectivity index (χ1v) is 8.53. The third-order valence-corrected chi connectivity index (χ3v) is 5.91. The van der Waals surface area contributed by atoms with Crippen molar-refractivity contribution in [2.75, 3.05) is 25.1 Å². The van der Waals surface area contributed by atoms with E-state index < -0.39 is 0 Å². The van der Waals surface area contributed by atoms with E-state index in [-0.39, 0.29) is 0 Å². The monoisotopic (exact) mass is 285 g/mol. The molecule has 2 unspecified atom stereocenters. The molecule has 1 saturated heterocycles. The summed E-state index contributed by atoms with van der Waals surface area (Å²) in [6.07, 6.45) is 2.17. The highest BCUT2D eigenvalue weighted by atomic mass is 32.2. The number of nitrogens with one attached hydrogen (secondary N) is 1. The molecule has 0 aromatic carbocycles. The molecule has 0 aliphatic carbocycles. The third kappa shape index (κ3) is 3.48. The van der Waals surface area contributed by atoms with Crippen molar-refractivity contribution in [3.63, 3.8) is 0 Å². The molecule has 2 rings (SSSR count). The van der Waals surface area contributed by atoms with E-state index in [1.807, 2.05) is 23.1 Å². The number of nitrogens with two attached hydrogens (primary N) is 1. The third-order valence-electron chi connectivity index (χ3n) is 3.61. The van der Waals surface area contributed by atoms with Crippen molar-refractivity contribution < 1.29 is 0 Å². The molecule has 3 nitrogen and oxygen atoms in total. The van der Waals surface area contributed by atoms with E-state index in [1.165, 1.54) is 21.3 Å². The van der Waals surface area contributed by atoms with Crippen LogP contribution in [0.15, 0.2) is 12.1 Å². The van der Waals surface area contributed by atoms with Gasteiger partial charge in [-0.15, -0.1) is 11.3 Å². The first-order chi connectivity index (χ1) is 8.74. The second-order valence-corrected chi connectivity index (χ2v) is 7.22. The summed E-state index contributed by atoms with van der Waals surface area (Å²) in [5.41, 5.74) is 3.03. The van der Waals surface area contributed by atoms with Gasteiger partial charge < -0.3 is 4.90 Å². The summed E-state index contributed by atoms with van der Waals surface area (Å²) in [6, 6.07) is 5.39. The fraction of sp³-hybridized carbons (Fsp3) is 0.692. The Bertz CT molecular complexity index is 367. The smallest absolute Gasteiger partial charge is 0.0422 e. The summed E-state index contributed by atoms with van der Waals surface area (Å²) in [5.74, 6) is 8.19. The summed E-state index contributed by atoms with van der Waals surface area (Å²) < 4.78 is 0. The van der Waals surface area contributed by atoms with E-state index in [9.17, 15) is 0 Å². The van der Waals surface area contributed by atoms with E-state index in [4.69, 9.17) is 5.84 Å². The molecule has 18 heavy (non-hydrogen) atoms. The Labute approximate surface area is 118 Å². The van der Waals surface area contributed by atoms with Gasteiger partial charge in [-0.25, -0.2) is 0 Å². The predicted molar refractivity (Wildman–Crippen MR) is 82.3 cm³/mol. The number of nitrogens with zero attached hydrogens (tertiary/aromatic N) is 1. The summed E-state index contributed by atoms with van der Waals surface area (Å²) in [6.45, 7) is 3.37. The molecule has 102 valence electrons. The molecular weight excluding hydrogens is 262 g/mol. The van der Waals surface area contributed by atoms with Crippen LogP contribution in [0.1, 0.15) is 16.7 Å². The highest BCUT2D eigenvalue weighted by molar-refractivity contribution is 7.99. The quantitative estimate of drug-likeness (QED) is 0.639. The normalized spacial score (nSPS) is 23.2. The van der Waals surface area contributed by atoms with Crippen LogP contribution >= 0.6 is 23.1 Å². The minimum atomic E-state index is 0.353. The lowest BCUT2D eigenvalue weighted by molar-refractivity contribution is 0.214. The number of aryl methyl sites for hydroxylation is 1. The minimum absolute atomic E-state index is 0.353. The number of hydrazine groups is 1. The molecular formula is C13H23N3S2. The Morgan fingerprint density at radius 2 is 2.28 bits per heavy atom. The van der Waals surface area contributed by atoms with Gasteiger partial charge in [0.1, 0.15) is 0 Å². The zero-order chi connectivity index (χ0) is 13.0. The molecule has 1 aromatic heterocycles. The number of thioether (sulfide) groups is 1. The zero-order valence-corrected chi connectivity index (χ0v) is 12.8. The Hall–Kier alpha value is -0.0700. The van der Waals surface area contributed by atoms with Crippen molar-refractivity contribution in [2.45, 2.75) is 31.8 Å². The summed E-state index contributed by atoms with van der Waals surface area (Å²) >= 11 is 3.96. The maximum absolute atomic E-state index is 5.77. The molecule has 1 fully saturated rings. The maximum Gasteiger partial charge on any atom is 0.0422 e. The number of hydrogen-bond acceptors (Lipinski definition) is 5. The fourth-order valence-electron chi connectivity index (χ4n) is 2.37. The molecule has 1 aliphatic heterocycles.